The number of carbonyl (C=O) groups is 1. The third-order valence-electron chi connectivity index (χ3n) is 3.61. The summed E-state index contributed by atoms with van der Waals surface area (Å²) < 4.78 is 4.91. The molecule has 0 atom stereocenters. The summed E-state index contributed by atoms with van der Waals surface area (Å²) in [5, 5.41) is 0. The van der Waals surface area contributed by atoms with Crippen LogP contribution < -0.4 is 0 Å². The number of methoxy groups -OCH3 is 1. The molecule has 16 heavy (non-hydrogen) atoms. The van der Waals surface area contributed by atoms with Crippen molar-refractivity contribution in [2.75, 3.05) is 20.2 Å². The molecule has 0 radical (unpaired) electrons. The van der Waals surface area contributed by atoms with Crippen molar-refractivity contribution in [2.45, 2.75) is 44.9 Å². The first-order valence-corrected chi connectivity index (χ1v) is 6.38. The van der Waals surface area contributed by atoms with Gasteiger partial charge in [-0.05, 0) is 38.5 Å². The average Bonchev–Trinajstić information content (AvgIpc) is 2.72. The summed E-state index contributed by atoms with van der Waals surface area (Å²) >= 11 is 0. The normalized spacial score (nSPS) is 22.2. The van der Waals surface area contributed by atoms with Crippen molar-refractivity contribution in [3.63, 3.8) is 0 Å². The molecule has 3 heteroatoms. The lowest BCUT2D eigenvalue weighted by Crippen LogP contribution is -2.22. The van der Waals surface area contributed by atoms with E-state index in [0.717, 1.165) is 37.9 Å². The zero-order valence-corrected chi connectivity index (χ0v) is 10.1. The summed E-state index contributed by atoms with van der Waals surface area (Å²) in [7, 11) is 1.49. The van der Waals surface area contributed by atoms with Crippen molar-refractivity contribution in [1.29, 1.82) is 0 Å². The minimum absolute atomic E-state index is 0.108. The molecule has 0 aromatic heterocycles. The molecule has 0 aromatic carbocycles. The molecule has 0 amide bonds. The van der Waals surface area contributed by atoms with Gasteiger partial charge in [0.15, 0.2) is 0 Å². The molecule has 2 rings (SSSR count). The van der Waals surface area contributed by atoms with Gasteiger partial charge in [-0.2, -0.15) is 0 Å². The van der Waals surface area contributed by atoms with Crippen molar-refractivity contribution in [2.24, 2.45) is 0 Å². The summed E-state index contributed by atoms with van der Waals surface area (Å²) in [6.07, 6.45) is 8.06. The third kappa shape index (κ3) is 2.39. The molecule has 0 spiro atoms. The molecule has 3 nitrogen and oxygen atoms in total. The molecule has 2 aliphatic rings. The number of hydrogen-bond donors (Lipinski definition) is 0. The van der Waals surface area contributed by atoms with Gasteiger partial charge in [-0.15, -0.1) is 0 Å². The highest BCUT2D eigenvalue weighted by molar-refractivity contribution is 5.89. The molecule has 1 fully saturated rings. The Morgan fingerprint density at radius 2 is 1.75 bits per heavy atom. The second-order valence-corrected chi connectivity index (χ2v) is 4.67. The maximum atomic E-state index is 11.8. The largest absolute Gasteiger partial charge is 0.466 e. The van der Waals surface area contributed by atoms with E-state index < -0.39 is 0 Å². The Labute approximate surface area is 97.5 Å². The second kappa shape index (κ2) is 5.37. The summed E-state index contributed by atoms with van der Waals surface area (Å²) in [5.74, 6) is -0.108. The molecule has 0 N–H and O–H groups in total. The van der Waals surface area contributed by atoms with Crippen LogP contribution in [0.5, 0.6) is 0 Å². The predicted molar refractivity (Wildman–Crippen MR) is 62.9 cm³/mol. The zero-order chi connectivity index (χ0) is 11.4. The fourth-order valence-electron chi connectivity index (χ4n) is 2.75. The van der Waals surface area contributed by atoms with E-state index in [9.17, 15) is 4.79 Å². The summed E-state index contributed by atoms with van der Waals surface area (Å²) in [5.41, 5.74) is 2.23. The van der Waals surface area contributed by atoms with Crippen LogP contribution in [-0.2, 0) is 9.53 Å². The number of ether oxygens (including phenoxy) is 1. The lowest BCUT2D eigenvalue weighted by Gasteiger charge is -2.23. The van der Waals surface area contributed by atoms with Crippen LogP contribution in [0.2, 0.25) is 0 Å². The Bertz CT molecular complexity index is 290. The van der Waals surface area contributed by atoms with Crippen LogP contribution in [0.25, 0.3) is 0 Å². The number of rotatable bonds is 2. The van der Waals surface area contributed by atoms with E-state index in [4.69, 9.17) is 4.74 Å². The van der Waals surface area contributed by atoms with Gasteiger partial charge in [0.05, 0.1) is 12.7 Å². The maximum Gasteiger partial charge on any atom is 0.335 e. The van der Waals surface area contributed by atoms with Gasteiger partial charge in [-0.25, -0.2) is 4.79 Å². The van der Waals surface area contributed by atoms with E-state index in [2.05, 4.69) is 4.90 Å². The van der Waals surface area contributed by atoms with Crippen LogP contribution >= 0.6 is 0 Å². The number of esters is 1. The van der Waals surface area contributed by atoms with Crippen molar-refractivity contribution < 1.29 is 9.53 Å². The molecule has 0 bridgehead atoms. The SMILES string of the molecule is COC(=O)C1=C(N2CCCC2)CCCCC1. The van der Waals surface area contributed by atoms with Crippen molar-refractivity contribution in [3.8, 4) is 0 Å². The fraction of sp³-hybridized carbons (Fsp3) is 0.769. The number of hydrogen-bond acceptors (Lipinski definition) is 3. The quantitative estimate of drug-likeness (QED) is 0.673. The van der Waals surface area contributed by atoms with E-state index in [-0.39, 0.29) is 5.97 Å². The van der Waals surface area contributed by atoms with Gasteiger partial charge in [0.1, 0.15) is 0 Å². The molecule has 90 valence electrons. The molecule has 1 saturated heterocycles. The number of likely N-dealkylation sites (tertiary alicyclic amines) is 1. The Kier molecular flexibility index (Phi) is 3.86. The van der Waals surface area contributed by atoms with Crippen LogP contribution in [0.3, 0.4) is 0 Å². The highest BCUT2D eigenvalue weighted by Gasteiger charge is 2.24. The smallest absolute Gasteiger partial charge is 0.335 e. The topological polar surface area (TPSA) is 29.5 Å². The predicted octanol–water partition coefficient (Wildman–Crippen LogP) is 2.47. The first kappa shape index (κ1) is 11.5. The van der Waals surface area contributed by atoms with Crippen LogP contribution in [0, 0.1) is 0 Å². The molecule has 1 aliphatic carbocycles. The molecule has 0 aromatic rings. The maximum absolute atomic E-state index is 11.8. The lowest BCUT2D eigenvalue weighted by molar-refractivity contribution is -0.136. The van der Waals surface area contributed by atoms with Gasteiger partial charge in [-0.3, -0.25) is 0 Å². The summed E-state index contributed by atoms with van der Waals surface area (Å²) in [4.78, 5) is 14.2. The number of nitrogens with zero attached hydrogens (tertiary/aromatic N) is 1. The fourth-order valence-corrected chi connectivity index (χ4v) is 2.75. The third-order valence-corrected chi connectivity index (χ3v) is 3.61. The average molecular weight is 223 g/mol. The van der Waals surface area contributed by atoms with Crippen LogP contribution in [0.1, 0.15) is 44.9 Å². The van der Waals surface area contributed by atoms with Crippen LogP contribution in [0.4, 0.5) is 0 Å². The molecular weight excluding hydrogens is 202 g/mol. The Morgan fingerprint density at radius 1 is 1.06 bits per heavy atom. The van der Waals surface area contributed by atoms with Crippen molar-refractivity contribution in [3.05, 3.63) is 11.3 Å². The Morgan fingerprint density at radius 3 is 2.44 bits per heavy atom. The monoisotopic (exact) mass is 223 g/mol. The minimum atomic E-state index is -0.108. The highest BCUT2D eigenvalue weighted by atomic mass is 16.5. The van der Waals surface area contributed by atoms with E-state index in [1.165, 1.54) is 38.5 Å². The standard InChI is InChI=1S/C13H21NO2/c1-16-13(15)11-7-3-2-4-8-12(11)14-9-5-6-10-14/h2-10H2,1H3. The first-order chi connectivity index (χ1) is 7.83. The molecule has 1 heterocycles. The van der Waals surface area contributed by atoms with Gasteiger partial charge in [0, 0.05) is 18.8 Å². The van der Waals surface area contributed by atoms with Crippen molar-refractivity contribution >= 4 is 5.97 Å². The number of allylic oxidation sites excluding steroid dienone is 1. The Hall–Kier alpha value is -0.990. The molecular formula is C13H21NO2. The van der Waals surface area contributed by atoms with Gasteiger partial charge in [-0.1, -0.05) is 6.42 Å². The molecule has 0 unspecified atom stereocenters. The minimum Gasteiger partial charge on any atom is -0.466 e. The zero-order valence-electron chi connectivity index (χ0n) is 10.1. The van der Waals surface area contributed by atoms with Gasteiger partial charge < -0.3 is 9.64 Å². The van der Waals surface area contributed by atoms with Gasteiger partial charge in [0.2, 0.25) is 0 Å². The van der Waals surface area contributed by atoms with E-state index in [1.54, 1.807) is 0 Å². The van der Waals surface area contributed by atoms with Crippen molar-refractivity contribution in [1.82, 2.24) is 4.90 Å². The first-order valence-electron chi connectivity index (χ1n) is 6.38. The second-order valence-electron chi connectivity index (χ2n) is 4.67. The van der Waals surface area contributed by atoms with E-state index in [0.29, 0.717) is 0 Å². The van der Waals surface area contributed by atoms with Crippen LogP contribution in [-0.4, -0.2) is 31.1 Å². The molecule has 1 aliphatic heterocycles. The summed E-state index contributed by atoms with van der Waals surface area (Å²) in [6.45, 7) is 2.24. The lowest BCUT2D eigenvalue weighted by atomic mass is 10.1. The van der Waals surface area contributed by atoms with E-state index in [1.807, 2.05) is 0 Å². The Balaban J connectivity index is 2.22. The van der Waals surface area contributed by atoms with Gasteiger partial charge in [0.25, 0.3) is 0 Å². The van der Waals surface area contributed by atoms with E-state index >= 15 is 0 Å². The molecule has 0 saturated carbocycles. The van der Waals surface area contributed by atoms with Gasteiger partial charge >= 0.3 is 5.97 Å². The highest BCUT2D eigenvalue weighted by Crippen LogP contribution is 2.29. The van der Waals surface area contributed by atoms with Crippen LogP contribution in [0.15, 0.2) is 11.3 Å². The number of carbonyl (C=O) groups excluding carboxylic acids is 1. The summed E-state index contributed by atoms with van der Waals surface area (Å²) in [6, 6.07) is 0.